The molecule has 0 aliphatic rings. The van der Waals surface area contributed by atoms with Crippen LogP contribution in [0.2, 0.25) is 0 Å². The van der Waals surface area contributed by atoms with E-state index in [1.54, 1.807) is 14.2 Å². The largest absolute Gasteiger partial charge is 0.497 e. The fourth-order valence-electron chi connectivity index (χ4n) is 3.92. The molecule has 1 heterocycles. The first-order chi connectivity index (χ1) is 16.6. The number of carbonyl (C=O) groups excluding carboxylic acids is 1. The van der Waals surface area contributed by atoms with Crippen molar-refractivity contribution in [1.29, 1.82) is 0 Å². The van der Waals surface area contributed by atoms with Gasteiger partial charge in [-0.1, -0.05) is 48.5 Å². The summed E-state index contributed by atoms with van der Waals surface area (Å²) in [5.74, 6) is 1.40. The zero-order chi connectivity index (χ0) is 23.9. The number of aromatic nitrogens is 2. The summed E-state index contributed by atoms with van der Waals surface area (Å²) >= 11 is 0. The Morgan fingerprint density at radius 1 is 0.971 bits per heavy atom. The molecule has 1 amide bonds. The molecular formula is C28H29N3O3. The van der Waals surface area contributed by atoms with Crippen molar-refractivity contribution < 1.29 is 14.3 Å². The number of hydrogen-bond acceptors (Lipinski definition) is 4. The lowest BCUT2D eigenvalue weighted by molar-refractivity contribution is -0.121. The molecule has 4 rings (SSSR count). The highest BCUT2D eigenvalue weighted by atomic mass is 16.5. The van der Waals surface area contributed by atoms with Gasteiger partial charge in [0.2, 0.25) is 5.91 Å². The zero-order valence-corrected chi connectivity index (χ0v) is 19.7. The Balaban J connectivity index is 1.61. The van der Waals surface area contributed by atoms with Crippen LogP contribution in [-0.2, 0) is 11.2 Å². The van der Waals surface area contributed by atoms with Crippen LogP contribution in [0.5, 0.6) is 11.5 Å². The van der Waals surface area contributed by atoms with Gasteiger partial charge in [0.05, 0.1) is 31.6 Å². The number of aryl methyl sites for hydroxylation is 1. The second-order valence-corrected chi connectivity index (χ2v) is 8.05. The normalized spacial score (nSPS) is 11.6. The fraction of sp³-hybridized carbons (Fsp3) is 0.214. The minimum Gasteiger partial charge on any atom is -0.497 e. The van der Waals surface area contributed by atoms with Crippen LogP contribution in [0.1, 0.15) is 30.5 Å². The minimum absolute atomic E-state index is 0.00706. The maximum absolute atomic E-state index is 12.8. The van der Waals surface area contributed by atoms with E-state index in [0.717, 1.165) is 28.1 Å². The number of ether oxygens (including phenoxy) is 2. The summed E-state index contributed by atoms with van der Waals surface area (Å²) in [5.41, 5.74) is 4.57. The Labute approximate surface area is 200 Å². The third-order valence-corrected chi connectivity index (χ3v) is 5.77. The summed E-state index contributed by atoms with van der Waals surface area (Å²) in [5, 5.41) is 7.96. The first kappa shape index (κ1) is 23.1. The van der Waals surface area contributed by atoms with Crippen molar-refractivity contribution in [1.82, 2.24) is 15.1 Å². The van der Waals surface area contributed by atoms with Gasteiger partial charge < -0.3 is 14.8 Å². The quantitative estimate of drug-likeness (QED) is 0.369. The summed E-state index contributed by atoms with van der Waals surface area (Å²) < 4.78 is 12.9. The second kappa shape index (κ2) is 10.7. The number of methoxy groups -OCH3 is 2. The molecule has 1 atom stereocenters. The Morgan fingerprint density at radius 2 is 1.68 bits per heavy atom. The Bertz CT molecular complexity index is 1240. The van der Waals surface area contributed by atoms with Crippen LogP contribution in [-0.4, -0.2) is 29.9 Å². The minimum atomic E-state index is -0.0568. The van der Waals surface area contributed by atoms with E-state index in [2.05, 4.69) is 5.32 Å². The van der Waals surface area contributed by atoms with Gasteiger partial charge in [-0.15, -0.1) is 0 Å². The summed E-state index contributed by atoms with van der Waals surface area (Å²) in [4.78, 5) is 12.8. The van der Waals surface area contributed by atoms with E-state index in [4.69, 9.17) is 14.6 Å². The third kappa shape index (κ3) is 5.29. The number of carbonyl (C=O) groups is 1. The number of amides is 1. The number of benzene rings is 3. The average molecular weight is 456 g/mol. The van der Waals surface area contributed by atoms with E-state index in [0.29, 0.717) is 24.3 Å². The highest BCUT2D eigenvalue weighted by molar-refractivity contribution is 5.78. The van der Waals surface area contributed by atoms with Crippen LogP contribution >= 0.6 is 0 Å². The molecule has 1 aromatic heterocycles. The molecule has 6 nitrogen and oxygen atoms in total. The van der Waals surface area contributed by atoms with Crippen LogP contribution < -0.4 is 14.8 Å². The molecule has 0 aliphatic carbocycles. The molecule has 3 aromatic carbocycles. The van der Waals surface area contributed by atoms with E-state index in [1.165, 1.54) is 0 Å². The Morgan fingerprint density at radius 3 is 2.35 bits per heavy atom. The fourth-order valence-corrected chi connectivity index (χ4v) is 3.92. The van der Waals surface area contributed by atoms with Crippen molar-refractivity contribution in [3.8, 4) is 28.4 Å². The molecule has 6 heteroatoms. The van der Waals surface area contributed by atoms with E-state index in [1.807, 2.05) is 96.7 Å². The molecule has 0 radical (unpaired) electrons. The van der Waals surface area contributed by atoms with Crippen LogP contribution in [0, 0.1) is 0 Å². The van der Waals surface area contributed by atoms with Crippen molar-refractivity contribution in [3.05, 3.63) is 96.2 Å². The average Bonchev–Trinajstić information content (AvgIpc) is 3.32. The van der Waals surface area contributed by atoms with Crippen molar-refractivity contribution in [2.24, 2.45) is 0 Å². The molecule has 1 N–H and O–H groups in total. The van der Waals surface area contributed by atoms with Crippen molar-refractivity contribution in [2.75, 3.05) is 14.2 Å². The second-order valence-electron chi connectivity index (χ2n) is 8.05. The summed E-state index contributed by atoms with van der Waals surface area (Å²) in [6.45, 7) is 1.99. The topological polar surface area (TPSA) is 65.4 Å². The van der Waals surface area contributed by atoms with Crippen molar-refractivity contribution in [2.45, 2.75) is 25.8 Å². The number of hydrogen-bond donors (Lipinski definition) is 1. The van der Waals surface area contributed by atoms with E-state index < -0.39 is 0 Å². The summed E-state index contributed by atoms with van der Waals surface area (Å²) in [6.07, 6.45) is 2.87. The lowest BCUT2D eigenvalue weighted by Gasteiger charge is -2.14. The van der Waals surface area contributed by atoms with Gasteiger partial charge in [0, 0.05) is 18.2 Å². The van der Waals surface area contributed by atoms with E-state index in [9.17, 15) is 4.79 Å². The summed E-state index contributed by atoms with van der Waals surface area (Å²) in [6, 6.07) is 25.4. The Kier molecular flexibility index (Phi) is 7.28. The van der Waals surface area contributed by atoms with Gasteiger partial charge in [-0.2, -0.15) is 5.10 Å². The molecule has 174 valence electrons. The smallest absolute Gasteiger partial charge is 0.220 e. The van der Waals surface area contributed by atoms with Crippen LogP contribution in [0.15, 0.2) is 85.1 Å². The monoisotopic (exact) mass is 455 g/mol. The van der Waals surface area contributed by atoms with Gasteiger partial charge in [-0.25, -0.2) is 4.68 Å². The predicted molar refractivity (Wildman–Crippen MR) is 133 cm³/mol. The maximum atomic E-state index is 12.8. The van der Waals surface area contributed by atoms with Gasteiger partial charge in [0.25, 0.3) is 0 Å². The van der Waals surface area contributed by atoms with Crippen LogP contribution in [0.25, 0.3) is 16.9 Å². The van der Waals surface area contributed by atoms with Crippen LogP contribution in [0.3, 0.4) is 0 Å². The molecule has 0 spiro atoms. The number of nitrogens with one attached hydrogen (secondary N) is 1. The molecule has 0 saturated heterocycles. The molecule has 0 saturated carbocycles. The first-order valence-electron chi connectivity index (χ1n) is 11.3. The Hall–Kier alpha value is -4.06. The van der Waals surface area contributed by atoms with Gasteiger partial charge in [0.15, 0.2) is 0 Å². The van der Waals surface area contributed by atoms with Crippen molar-refractivity contribution >= 4 is 5.91 Å². The number of para-hydroxylation sites is 1. The molecular weight excluding hydrogens is 426 g/mol. The van der Waals surface area contributed by atoms with E-state index in [-0.39, 0.29) is 11.9 Å². The summed E-state index contributed by atoms with van der Waals surface area (Å²) in [7, 11) is 3.27. The molecule has 34 heavy (non-hydrogen) atoms. The molecule has 0 aliphatic heterocycles. The molecule has 0 fully saturated rings. The number of rotatable bonds is 9. The third-order valence-electron chi connectivity index (χ3n) is 5.77. The SMILES string of the molecule is COc1ccc(OC)c(-c2nn(-c3ccccc3)cc2CCC(=O)N[C@@H](C)c2ccccc2)c1. The first-order valence-corrected chi connectivity index (χ1v) is 11.3. The molecule has 4 aromatic rings. The van der Waals surface area contributed by atoms with Gasteiger partial charge >= 0.3 is 0 Å². The lowest BCUT2D eigenvalue weighted by atomic mass is 10.0. The van der Waals surface area contributed by atoms with Gasteiger partial charge in [-0.3, -0.25) is 4.79 Å². The maximum Gasteiger partial charge on any atom is 0.220 e. The van der Waals surface area contributed by atoms with Gasteiger partial charge in [0.1, 0.15) is 11.5 Å². The highest BCUT2D eigenvalue weighted by Gasteiger charge is 2.18. The highest BCUT2D eigenvalue weighted by Crippen LogP contribution is 2.35. The van der Waals surface area contributed by atoms with Crippen LogP contribution in [0.4, 0.5) is 0 Å². The molecule has 0 unspecified atom stereocenters. The molecule has 0 bridgehead atoms. The van der Waals surface area contributed by atoms with Crippen molar-refractivity contribution in [3.63, 3.8) is 0 Å². The number of nitrogens with zero attached hydrogens (tertiary/aromatic N) is 2. The predicted octanol–water partition coefficient (Wildman–Crippen LogP) is 5.37. The van der Waals surface area contributed by atoms with Gasteiger partial charge in [-0.05, 0) is 54.8 Å². The lowest BCUT2D eigenvalue weighted by Crippen LogP contribution is -2.26. The standard InChI is InChI=1S/C28H29N3O3/c1-20(21-10-6-4-7-11-21)29-27(32)17-14-22-19-31(23-12-8-5-9-13-23)30-28(22)25-18-24(33-2)15-16-26(25)34-3/h4-13,15-16,18-20H,14,17H2,1-3H3,(H,29,32)/t20-/m0/s1. The van der Waals surface area contributed by atoms with E-state index >= 15 is 0 Å². The zero-order valence-electron chi connectivity index (χ0n) is 19.7.